The third-order valence-electron chi connectivity index (χ3n) is 4.30. The Bertz CT molecular complexity index is 565. The lowest BCUT2D eigenvalue weighted by molar-refractivity contribution is 0.0176. The topological polar surface area (TPSA) is 67.3 Å². The molecule has 2 aliphatic rings. The molecule has 0 radical (unpaired) electrons. The minimum atomic E-state index is -0.457. The maximum absolute atomic E-state index is 12.3. The van der Waals surface area contributed by atoms with Crippen molar-refractivity contribution in [3.05, 3.63) is 5.82 Å². The Labute approximate surface area is 141 Å². The van der Waals surface area contributed by atoms with E-state index in [-0.39, 0.29) is 12.1 Å². The van der Waals surface area contributed by atoms with Gasteiger partial charge in [0.25, 0.3) is 0 Å². The predicted molar refractivity (Wildman–Crippen MR) is 90.9 cm³/mol. The van der Waals surface area contributed by atoms with Crippen molar-refractivity contribution >= 4 is 22.8 Å². The number of ether oxygens (including phenoxy) is 1. The number of nitrogens with one attached hydrogen (secondary N) is 1. The van der Waals surface area contributed by atoms with Crippen LogP contribution in [0.4, 0.5) is 9.93 Å². The minimum Gasteiger partial charge on any atom is -0.444 e. The highest BCUT2D eigenvalue weighted by Gasteiger charge is 2.33. The van der Waals surface area contributed by atoms with Crippen LogP contribution in [0.25, 0.3) is 0 Å². The van der Waals surface area contributed by atoms with Gasteiger partial charge in [0.1, 0.15) is 11.4 Å². The number of hydrogen-bond donors (Lipinski definition) is 1. The summed E-state index contributed by atoms with van der Waals surface area (Å²) in [5.41, 5.74) is -0.457. The van der Waals surface area contributed by atoms with Crippen LogP contribution in [0.5, 0.6) is 0 Å². The molecule has 6 nitrogen and oxygen atoms in total. The van der Waals surface area contributed by atoms with Gasteiger partial charge in [-0.25, -0.2) is 9.78 Å². The van der Waals surface area contributed by atoms with Gasteiger partial charge in [-0.3, -0.25) is 0 Å². The van der Waals surface area contributed by atoms with Crippen molar-refractivity contribution in [3.8, 4) is 0 Å². The number of hydrogen-bond acceptors (Lipinski definition) is 6. The highest BCUT2D eigenvalue weighted by atomic mass is 32.1. The normalized spacial score (nSPS) is 25.3. The summed E-state index contributed by atoms with van der Waals surface area (Å²) < 4.78 is 9.92. The van der Waals surface area contributed by atoms with Crippen LogP contribution in [0.2, 0.25) is 0 Å². The predicted octanol–water partition coefficient (Wildman–Crippen LogP) is 3.47. The molecule has 1 saturated heterocycles. The quantitative estimate of drug-likeness (QED) is 0.914. The van der Waals surface area contributed by atoms with E-state index in [0.717, 1.165) is 23.9 Å². The zero-order valence-corrected chi connectivity index (χ0v) is 15.2. The van der Waals surface area contributed by atoms with Crippen molar-refractivity contribution < 1.29 is 9.53 Å². The van der Waals surface area contributed by atoms with E-state index in [1.165, 1.54) is 24.4 Å². The van der Waals surface area contributed by atoms with Gasteiger partial charge < -0.3 is 15.0 Å². The monoisotopic (exact) mass is 338 g/mol. The fourth-order valence-electron chi connectivity index (χ4n) is 2.71. The van der Waals surface area contributed by atoms with Crippen LogP contribution in [-0.4, -0.2) is 45.1 Å². The summed E-state index contributed by atoms with van der Waals surface area (Å²) >= 11 is 1.43. The van der Waals surface area contributed by atoms with Gasteiger partial charge in [0.05, 0.1) is 0 Å². The molecule has 1 aromatic heterocycles. The van der Waals surface area contributed by atoms with Gasteiger partial charge in [0.2, 0.25) is 5.13 Å². The number of nitrogens with zero attached hydrogens (tertiary/aromatic N) is 3. The molecule has 2 unspecified atom stereocenters. The summed E-state index contributed by atoms with van der Waals surface area (Å²) in [6.45, 7) is 9.30. The number of rotatable bonds is 3. The maximum Gasteiger partial charge on any atom is 0.410 e. The second-order valence-corrected chi connectivity index (χ2v) is 8.43. The smallest absolute Gasteiger partial charge is 0.410 e. The molecule has 1 saturated carbocycles. The van der Waals surface area contributed by atoms with Crippen molar-refractivity contribution in [2.75, 3.05) is 18.4 Å². The van der Waals surface area contributed by atoms with Crippen molar-refractivity contribution in [1.82, 2.24) is 14.3 Å². The van der Waals surface area contributed by atoms with Crippen molar-refractivity contribution in [3.63, 3.8) is 0 Å². The van der Waals surface area contributed by atoms with Crippen molar-refractivity contribution in [2.45, 2.75) is 64.5 Å². The molecule has 3 rings (SSSR count). The largest absolute Gasteiger partial charge is 0.444 e. The van der Waals surface area contributed by atoms with Gasteiger partial charge in [0.15, 0.2) is 0 Å². The summed E-state index contributed by atoms with van der Waals surface area (Å²) in [4.78, 5) is 18.7. The van der Waals surface area contributed by atoms with E-state index in [1.54, 1.807) is 4.90 Å². The lowest BCUT2D eigenvalue weighted by Gasteiger charge is -2.37. The second-order valence-electron chi connectivity index (χ2n) is 7.68. The second kappa shape index (κ2) is 6.26. The Morgan fingerprint density at radius 1 is 1.35 bits per heavy atom. The number of carbonyl (C=O) groups excluding carboxylic acids is 1. The first-order valence-electron chi connectivity index (χ1n) is 8.40. The highest BCUT2D eigenvalue weighted by Crippen LogP contribution is 2.39. The van der Waals surface area contributed by atoms with Crippen molar-refractivity contribution in [1.29, 1.82) is 0 Å². The van der Waals surface area contributed by atoms with E-state index >= 15 is 0 Å². The fourth-order valence-corrected chi connectivity index (χ4v) is 3.42. The van der Waals surface area contributed by atoms with Crippen LogP contribution in [0, 0.1) is 5.92 Å². The minimum absolute atomic E-state index is 0.191. The van der Waals surface area contributed by atoms with Gasteiger partial charge >= 0.3 is 6.09 Å². The standard InChI is InChI=1S/C16H26N4O2S/c1-10-7-8-20(15(21)22-16(2,3)4)9-12(10)17-14-18-13(19-23-14)11-5-6-11/h10-12H,5-9H2,1-4H3,(H,17,18,19). The summed E-state index contributed by atoms with van der Waals surface area (Å²) in [5, 5.41) is 4.35. The van der Waals surface area contributed by atoms with Gasteiger partial charge in [-0.15, -0.1) is 0 Å². The molecule has 2 heterocycles. The van der Waals surface area contributed by atoms with Gasteiger partial charge in [-0.05, 0) is 46.0 Å². The molecule has 1 aliphatic carbocycles. The first kappa shape index (κ1) is 16.5. The Balaban J connectivity index is 1.59. The van der Waals surface area contributed by atoms with E-state index in [1.807, 2.05) is 20.8 Å². The molecule has 1 aromatic rings. The number of aromatic nitrogens is 2. The molecule has 23 heavy (non-hydrogen) atoms. The molecule has 7 heteroatoms. The van der Waals surface area contributed by atoms with Crippen molar-refractivity contribution in [2.24, 2.45) is 5.92 Å². The van der Waals surface area contributed by atoms with Gasteiger partial charge in [-0.2, -0.15) is 4.37 Å². The number of likely N-dealkylation sites (tertiary alicyclic amines) is 1. The molecule has 0 bridgehead atoms. The highest BCUT2D eigenvalue weighted by molar-refractivity contribution is 7.09. The van der Waals surface area contributed by atoms with Crippen LogP contribution in [0.3, 0.4) is 0 Å². The zero-order chi connectivity index (χ0) is 16.6. The van der Waals surface area contributed by atoms with Crippen LogP contribution in [-0.2, 0) is 4.74 Å². The molecule has 0 spiro atoms. The summed E-state index contributed by atoms with van der Waals surface area (Å²) in [6.07, 6.45) is 3.16. The number of amides is 1. The third kappa shape index (κ3) is 4.34. The van der Waals surface area contributed by atoms with Crippen LogP contribution in [0.1, 0.15) is 58.7 Å². The molecule has 1 aliphatic heterocycles. The number of carbonyl (C=O) groups is 1. The fraction of sp³-hybridized carbons (Fsp3) is 0.812. The molecule has 2 atom stereocenters. The SMILES string of the molecule is CC1CCN(C(=O)OC(C)(C)C)CC1Nc1nc(C2CC2)ns1. The average molecular weight is 338 g/mol. The lowest BCUT2D eigenvalue weighted by Crippen LogP contribution is -2.50. The zero-order valence-electron chi connectivity index (χ0n) is 14.3. The van der Waals surface area contributed by atoms with Gasteiger partial charge in [-0.1, -0.05) is 6.92 Å². The first-order chi connectivity index (χ1) is 10.8. The molecule has 0 aromatic carbocycles. The molecule has 128 valence electrons. The third-order valence-corrected chi connectivity index (χ3v) is 4.96. The molecule has 2 fully saturated rings. The van der Waals surface area contributed by atoms with E-state index in [9.17, 15) is 4.79 Å². The Morgan fingerprint density at radius 2 is 2.09 bits per heavy atom. The molecule has 1 N–H and O–H groups in total. The first-order valence-corrected chi connectivity index (χ1v) is 9.17. The Kier molecular flexibility index (Phi) is 4.49. The Hall–Kier alpha value is -1.37. The maximum atomic E-state index is 12.3. The molecule has 1 amide bonds. The Morgan fingerprint density at radius 3 is 2.74 bits per heavy atom. The number of anilines is 1. The summed E-state index contributed by atoms with van der Waals surface area (Å²) in [7, 11) is 0. The lowest BCUT2D eigenvalue weighted by atomic mass is 9.94. The van der Waals surface area contributed by atoms with Crippen LogP contribution >= 0.6 is 11.5 Å². The van der Waals surface area contributed by atoms with E-state index in [0.29, 0.717) is 18.4 Å². The molecular weight excluding hydrogens is 312 g/mol. The average Bonchev–Trinajstić information content (AvgIpc) is 3.20. The van der Waals surface area contributed by atoms with E-state index in [4.69, 9.17) is 4.74 Å². The molecular formula is C16H26N4O2S. The number of piperidine rings is 1. The van der Waals surface area contributed by atoms with Crippen LogP contribution in [0.15, 0.2) is 0 Å². The van der Waals surface area contributed by atoms with E-state index in [2.05, 4.69) is 21.6 Å². The summed E-state index contributed by atoms with van der Waals surface area (Å²) in [6, 6.07) is 0.191. The van der Waals surface area contributed by atoms with Crippen LogP contribution < -0.4 is 5.32 Å². The van der Waals surface area contributed by atoms with Gasteiger partial charge in [0, 0.05) is 36.6 Å². The van der Waals surface area contributed by atoms with E-state index < -0.39 is 5.60 Å². The summed E-state index contributed by atoms with van der Waals surface area (Å²) in [5.74, 6) is 2.04.